The van der Waals surface area contributed by atoms with Gasteiger partial charge in [-0.05, 0) is 30.9 Å². The van der Waals surface area contributed by atoms with Gasteiger partial charge in [-0.3, -0.25) is 0 Å². The second-order valence-electron chi connectivity index (χ2n) is 5.35. The lowest BCUT2D eigenvalue weighted by Gasteiger charge is -2.32. The van der Waals surface area contributed by atoms with Gasteiger partial charge in [-0.15, -0.1) is 0 Å². The van der Waals surface area contributed by atoms with Gasteiger partial charge in [0, 0.05) is 6.04 Å². The summed E-state index contributed by atoms with van der Waals surface area (Å²) in [6, 6.07) is 8.82. The summed E-state index contributed by atoms with van der Waals surface area (Å²) >= 11 is 0. The first-order chi connectivity index (χ1) is 8.81. The van der Waals surface area contributed by atoms with Crippen molar-refractivity contribution < 1.29 is 0 Å². The molecule has 2 N–H and O–H groups in total. The molecular weight excluding hydrogens is 222 g/mol. The van der Waals surface area contributed by atoms with Crippen LogP contribution in [-0.4, -0.2) is 9.55 Å². The second-order valence-corrected chi connectivity index (χ2v) is 5.35. The maximum Gasteiger partial charge on any atom is 0.201 e. The number of rotatable bonds is 2. The van der Waals surface area contributed by atoms with Crippen LogP contribution < -0.4 is 5.73 Å². The standard InChI is InChI=1S/C15H21N3/c1-2-11-7-3-5-9-13(11)18-14-10-6-4-8-12(14)17-15(18)16/h4,6,8,10-11,13H,2-3,5,7,9H2,1H3,(H2,16,17). The van der Waals surface area contributed by atoms with E-state index in [0.717, 1.165) is 11.4 Å². The lowest BCUT2D eigenvalue weighted by molar-refractivity contribution is 0.239. The molecule has 0 radical (unpaired) electrons. The van der Waals surface area contributed by atoms with E-state index in [4.69, 9.17) is 5.73 Å². The topological polar surface area (TPSA) is 43.8 Å². The van der Waals surface area contributed by atoms with Crippen LogP contribution in [0.25, 0.3) is 11.0 Å². The fourth-order valence-electron chi connectivity index (χ4n) is 3.42. The molecule has 1 aromatic carbocycles. The summed E-state index contributed by atoms with van der Waals surface area (Å²) in [7, 11) is 0. The van der Waals surface area contributed by atoms with E-state index in [1.807, 2.05) is 12.1 Å². The number of benzene rings is 1. The van der Waals surface area contributed by atoms with E-state index in [2.05, 4.69) is 28.6 Å². The molecule has 1 saturated carbocycles. The molecule has 0 bridgehead atoms. The van der Waals surface area contributed by atoms with Gasteiger partial charge in [0.1, 0.15) is 0 Å². The van der Waals surface area contributed by atoms with E-state index < -0.39 is 0 Å². The molecule has 2 atom stereocenters. The average molecular weight is 243 g/mol. The molecule has 0 amide bonds. The number of para-hydroxylation sites is 2. The predicted octanol–water partition coefficient (Wildman–Crippen LogP) is 3.76. The Hall–Kier alpha value is -1.51. The SMILES string of the molecule is CCC1CCCCC1n1c(N)nc2ccccc21. The Morgan fingerprint density at radius 1 is 1.28 bits per heavy atom. The number of fused-ring (bicyclic) bond motifs is 1. The molecule has 0 aliphatic heterocycles. The molecule has 18 heavy (non-hydrogen) atoms. The molecule has 0 saturated heterocycles. The molecular formula is C15H21N3. The number of imidazole rings is 1. The third-order valence-electron chi connectivity index (χ3n) is 4.35. The minimum absolute atomic E-state index is 0.538. The van der Waals surface area contributed by atoms with Crippen LogP contribution in [0, 0.1) is 5.92 Å². The van der Waals surface area contributed by atoms with E-state index >= 15 is 0 Å². The van der Waals surface area contributed by atoms with Crippen molar-refractivity contribution in [1.82, 2.24) is 9.55 Å². The Morgan fingerprint density at radius 3 is 2.89 bits per heavy atom. The first-order valence-corrected chi connectivity index (χ1v) is 7.03. The van der Waals surface area contributed by atoms with Crippen LogP contribution in [0.4, 0.5) is 5.95 Å². The summed E-state index contributed by atoms with van der Waals surface area (Å²) in [5, 5.41) is 0. The Kier molecular flexibility index (Phi) is 2.98. The van der Waals surface area contributed by atoms with Crippen LogP contribution in [0.1, 0.15) is 45.1 Å². The van der Waals surface area contributed by atoms with E-state index in [0.29, 0.717) is 12.0 Å². The molecule has 1 aliphatic carbocycles. The van der Waals surface area contributed by atoms with Crippen molar-refractivity contribution in [2.24, 2.45) is 5.92 Å². The molecule has 96 valence electrons. The average Bonchev–Trinajstić information content (AvgIpc) is 2.74. The second kappa shape index (κ2) is 4.63. The highest BCUT2D eigenvalue weighted by Gasteiger charge is 2.27. The zero-order valence-electron chi connectivity index (χ0n) is 11.0. The van der Waals surface area contributed by atoms with Crippen molar-refractivity contribution in [3.8, 4) is 0 Å². The molecule has 2 unspecified atom stereocenters. The predicted molar refractivity (Wildman–Crippen MR) is 75.4 cm³/mol. The number of aromatic nitrogens is 2. The van der Waals surface area contributed by atoms with Gasteiger partial charge in [0.25, 0.3) is 0 Å². The molecule has 3 nitrogen and oxygen atoms in total. The number of nitrogens with two attached hydrogens (primary N) is 1. The van der Waals surface area contributed by atoms with E-state index in [1.54, 1.807) is 0 Å². The van der Waals surface area contributed by atoms with Gasteiger partial charge in [0.05, 0.1) is 11.0 Å². The number of hydrogen-bond acceptors (Lipinski definition) is 2. The van der Waals surface area contributed by atoms with Gasteiger partial charge in [0.2, 0.25) is 5.95 Å². The molecule has 1 fully saturated rings. The molecule has 3 heteroatoms. The van der Waals surface area contributed by atoms with Gasteiger partial charge in [-0.1, -0.05) is 38.3 Å². The first kappa shape index (κ1) is 11.6. The first-order valence-electron chi connectivity index (χ1n) is 7.03. The number of anilines is 1. The van der Waals surface area contributed by atoms with Gasteiger partial charge >= 0.3 is 0 Å². The Bertz CT molecular complexity index is 544. The smallest absolute Gasteiger partial charge is 0.201 e. The minimum atomic E-state index is 0.538. The van der Waals surface area contributed by atoms with Crippen molar-refractivity contribution in [2.75, 3.05) is 5.73 Å². The monoisotopic (exact) mass is 243 g/mol. The number of hydrogen-bond donors (Lipinski definition) is 1. The highest BCUT2D eigenvalue weighted by Crippen LogP contribution is 2.39. The molecule has 2 aromatic rings. The van der Waals surface area contributed by atoms with Crippen LogP contribution in [-0.2, 0) is 0 Å². The summed E-state index contributed by atoms with van der Waals surface area (Å²) in [5.74, 6) is 1.43. The quantitative estimate of drug-likeness (QED) is 0.872. The molecule has 1 heterocycles. The third-order valence-corrected chi connectivity index (χ3v) is 4.35. The molecule has 0 spiro atoms. The summed E-state index contributed by atoms with van der Waals surface area (Å²) in [6.45, 7) is 2.29. The summed E-state index contributed by atoms with van der Waals surface area (Å²) < 4.78 is 2.28. The van der Waals surface area contributed by atoms with Crippen LogP contribution in [0.2, 0.25) is 0 Å². The van der Waals surface area contributed by atoms with Crippen molar-refractivity contribution in [3.05, 3.63) is 24.3 Å². The number of nitrogens with zero attached hydrogens (tertiary/aromatic N) is 2. The lowest BCUT2D eigenvalue weighted by Crippen LogP contribution is -2.23. The third kappa shape index (κ3) is 1.78. The zero-order valence-corrected chi connectivity index (χ0v) is 11.0. The highest BCUT2D eigenvalue weighted by molar-refractivity contribution is 5.78. The Balaban J connectivity index is 2.09. The van der Waals surface area contributed by atoms with Gasteiger partial charge in [-0.2, -0.15) is 0 Å². The largest absolute Gasteiger partial charge is 0.369 e. The summed E-state index contributed by atoms with van der Waals surface area (Å²) in [4.78, 5) is 4.50. The molecule has 1 aromatic heterocycles. The highest BCUT2D eigenvalue weighted by atomic mass is 15.2. The van der Waals surface area contributed by atoms with Crippen molar-refractivity contribution in [2.45, 2.75) is 45.1 Å². The van der Waals surface area contributed by atoms with Gasteiger partial charge < -0.3 is 10.3 Å². The van der Waals surface area contributed by atoms with E-state index in [9.17, 15) is 0 Å². The Labute approximate surface area is 108 Å². The van der Waals surface area contributed by atoms with Crippen LogP contribution >= 0.6 is 0 Å². The van der Waals surface area contributed by atoms with Crippen molar-refractivity contribution in [3.63, 3.8) is 0 Å². The van der Waals surface area contributed by atoms with Gasteiger partial charge in [0.15, 0.2) is 0 Å². The normalized spacial score (nSPS) is 24.5. The molecule has 1 aliphatic rings. The summed E-state index contributed by atoms with van der Waals surface area (Å²) in [6.07, 6.45) is 6.47. The Morgan fingerprint density at radius 2 is 2.06 bits per heavy atom. The van der Waals surface area contributed by atoms with Crippen LogP contribution in [0.3, 0.4) is 0 Å². The lowest BCUT2D eigenvalue weighted by atomic mass is 9.82. The van der Waals surface area contributed by atoms with E-state index in [1.165, 1.54) is 37.6 Å². The fraction of sp³-hybridized carbons (Fsp3) is 0.533. The van der Waals surface area contributed by atoms with Crippen LogP contribution in [0.5, 0.6) is 0 Å². The minimum Gasteiger partial charge on any atom is -0.369 e. The molecule has 3 rings (SSSR count). The van der Waals surface area contributed by atoms with Crippen molar-refractivity contribution in [1.29, 1.82) is 0 Å². The maximum absolute atomic E-state index is 6.15. The zero-order chi connectivity index (χ0) is 12.5. The van der Waals surface area contributed by atoms with Crippen LogP contribution in [0.15, 0.2) is 24.3 Å². The fourth-order valence-corrected chi connectivity index (χ4v) is 3.42. The summed E-state index contributed by atoms with van der Waals surface area (Å²) in [5.41, 5.74) is 8.37. The van der Waals surface area contributed by atoms with Crippen molar-refractivity contribution >= 4 is 17.0 Å². The maximum atomic E-state index is 6.15. The number of nitrogen functional groups attached to an aromatic ring is 1. The van der Waals surface area contributed by atoms with E-state index in [-0.39, 0.29) is 0 Å². The van der Waals surface area contributed by atoms with Gasteiger partial charge in [-0.25, -0.2) is 4.98 Å².